The summed E-state index contributed by atoms with van der Waals surface area (Å²) in [6.07, 6.45) is 1.60. The first-order valence-electron chi connectivity index (χ1n) is 7.83. The fourth-order valence-corrected chi connectivity index (χ4v) is 4.80. The van der Waals surface area contributed by atoms with Gasteiger partial charge in [-0.1, -0.05) is 17.7 Å². The highest BCUT2D eigenvalue weighted by Gasteiger charge is 2.34. The van der Waals surface area contributed by atoms with Gasteiger partial charge in [-0.05, 0) is 66.1 Å². The Balaban J connectivity index is 1.68. The monoisotopic (exact) mass is 430 g/mol. The van der Waals surface area contributed by atoms with E-state index in [1.807, 2.05) is 29.6 Å². The molecular formula is C19H11ClN2O2S3. The van der Waals surface area contributed by atoms with Gasteiger partial charge in [0.2, 0.25) is 0 Å². The summed E-state index contributed by atoms with van der Waals surface area (Å²) in [5, 5.41) is 5.19. The lowest BCUT2D eigenvalue weighted by atomic mass is 10.1. The quantitative estimate of drug-likeness (QED) is 0.363. The number of nitrogens with zero attached hydrogens (tertiary/aromatic N) is 1. The standard InChI is InChI=1S/C19H11ClN2O2S3/c20-11-3-5-12(6-4-11)22-18(24)14(17(23)21-19(22)25)10-13-7-8-16(27-13)15-2-1-9-26-15/h1-10H,(H,21,23,25). The van der Waals surface area contributed by atoms with Gasteiger partial charge in [-0.3, -0.25) is 19.8 Å². The van der Waals surface area contributed by atoms with Gasteiger partial charge in [0.25, 0.3) is 11.8 Å². The van der Waals surface area contributed by atoms with E-state index in [9.17, 15) is 9.59 Å². The van der Waals surface area contributed by atoms with Crippen LogP contribution in [-0.2, 0) is 9.59 Å². The zero-order chi connectivity index (χ0) is 19.0. The Bertz CT molecular complexity index is 1070. The topological polar surface area (TPSA) is 49.4 Å². The summed E-state index contributed by atoms with van der Waals surface area (Å²) in [5.74, 6) is -0.960. The highest BCUT2D eigenvalue weighted by molar-refractivity contribution is 7.80. The number of carbonyl (C=O) groups is 2. The first-order chi connectivity index (χ1) is 13.0. The normalized spacial score (nSPS) is 16.1. The zero-order valence-electron chi connectivity index (χ0n) is 13.6. The van der Waals surface area contributed by atoms with Crippen molar-refractivity contribution >= 4 is 75.2 Å². The molecule has 0 spiro atoms. The van der Waals surface area contributed by atoms with Gasteiger partial charge in [-0.2, -0.15) is 0 Å². The maximum absolute atomic E-state index is 13.0. The van der Waals surface area contributed by atoms with Gasteiger partial charge in [-0.25, -0.2) is 0 Å². The number of benzene rings is 1. The molecule has 8 heteroatoms. The molecule has 3 heterocycles. The number of hydrogen-bond acceptors (Lipinski definition) is 5. The van der Waals surface area contributed by atoms with Crippen LogP contribution in [0.15, 0.2) is 59.5 Å². The van der Waals surface area contributed by atoms with Gasteiger partial charge in [0, 0.05) is 19.7 Å². The predicted molar refractivity (Wildman–Crippen MR) is 115 cm³/mol. The SMILES string of the molecule is O=C1NC(=S)N(c2ccc(Cl)cc2)C(=O)C1=Cc1ccc(-c2cccs2)s1. The smallest absolute Gasteiger partial charge is 0.270 e. The van der Waals surface area contributed by atoms with Crippen molar-refractivity contribution in [1.29, 1.82) is 0 Å². The Labute approximate surface area is 173 Å². The third kappa shape index (κ3) is 3.59. The summed E-state index contributed by atoms with van der Waals surface area (Å²) in [5.41, 5.74) is 0.587. The van der Waals surface area contributed by atoms with Crippen LogP contribution < -0.4 is 10.2 Å². The second-order valence-electron chi connectivity index (χ2n) is 5.61. The van der Waals surface area contributed by atoms with E-state index in [0.29, 0.717) is 10.7 Å². The zero-order valence-corrected chi connectivity index (χ0v) is 16.8. The van der Waals surface area contributed by atoms with Crippen molar-refractivity contribution in [1.82, 2.24) is 5.32 Å². The van der Waals surface area contributed by atoms with Gasteiger partial charge in [0.15, 0.2) is 5.11 Å². The molecule has 3 aromatic rings. The number of nitrogens with one attached hydrogen (secondary N) is 1. The minimum atomic E-state index is -0.499. The number of hydrogen-bond donors (Lipinski definition) is 1. The van der Waals surface area contributed by atoms with Crippen LogP contribution in [0.4, 0.5) is 5.69 Å². The van der Waals surface area contributed by atoms with E-state index >= 15 is 0 Å². The van der Waals surface area contributed by atoms with Crippen LogP contribution in [0.25, 0.3) is 15.8 Å². The van der Waals surface area contributed by atoms with Gasteiger partial charge in [0.05, 0.1) is 5.69 Å². The van der Waals surface area contributed by atoms with Gasteiger partial charge in [0.1, 0.15) is 5.57 Å². The van der Waals surface area contributed by atoms with E-state index < -0.39 is 11.8 Å². The van der Waals surface area contributed by atoms with Crippen LogP contribution >= 0.6 is 46.5 Å². The maximum atomic E-state index is 13.0. The summed E-state index contributed by atoms with van der Waals surface area (Å²) >= 11 is 14.3. The van der Waals surface area contributed by atoms with Crippen molar-refractivity contribution < 1.29 is 9.59 Å². The molecule has 1 fully saturated rings. The average Bonchev–Trinajstić information content (AvgIpc) is 3.31. The van der Waals surface area contributed by atoms with Crippen LogP contribution in [0.5, 0.6) is 0 Å². The summed E-state index contributed by atoms with van der Waals surface area (Å²) in [4.78, 5) is 29.7. The Hall–Kier alpha value is -2.32. The lowest BCUT2D eigenvalue weighted by Gasteiger charge is -2.28. The Morgan fingerprint density at radius 2 is 1.81 bits per heavy atom. The second-order valence-corrected chi connectivity index (χ2v) is 8.50. The third-order valence-electron chi connectivity index (χ3n) is 3.86. The first kappa shape index (κ1) is 18.1. The maximum Gasteiger partial charge on any atom is 0.270 e. The largest absolute Gasteiger partial charge is 0.298 e. The number of carbonyl (C=O) groups excluding carboxylic acids is 2. The Morgan fingerprint density at radius 3 is 2.52 bits per heavy atom. The van der Waals surface area contributed by atoms with Crippen molar-refractivity contribution in [2.75, 3.05) is 4.90 Å². The number of halogens is 1. The molecule has 134 valence electrons. The van der Waals surface area contributed by atoms with Crippen LogP contribution in [-0.4, -0.2) is 16.9 Å². The van der Waals surface area contributed by atoms with Gasteiger partial charge < -0.3 is 0 Å². The molecule has 1 aliphatic heterocycles. The predicted octanol–water partition coefficient (Wildman–Crippen LogP) is 4.96. The lowest BCUT2D eigenvalue weighted by Crippen LogP contribution is -2.54. The van der Waals surface area contributed by atoms with E-state index in [1.54, 1.807) is 41.7 Å². The molecule has 4 rings (SSSR count). The van der Waals surface area contributed by atoms with Gasteiger partial charge in [-0.15, -0.1) is 22.7 Å². The van der Waals surface area contributed by atoms with E-state index in [-0.39, 0.29) is 10.7 Å². The van der Waals surface area contributed by atoms with E-state index in [1.165, 1.54) is 16.2 Å². The minimum Gasteiger partial charge on any atom is -0.298 e. The lowest BCUT2D eigenvalue weighted by molar-refractivity contribution is -0.122. The second kappa shape index (κ2) is 7.36. The van der Waals surface area contributed by atoms with Crippen LogP contribution in [0.2, 0.25) is 5.02 Å². The highest BCUT2D eigenvalue weighted by Crippen LogP contribution is 2.33. The van der Waals surface area contributed by atoms with Gasteiger partial charge >= 0.3 is 0 Å². The van der Waals surface area contributed by atoms with E-state index in [2.05, 4.69) is 5.32 Å². The first-order valence-corrected chi connectivity index (χ1v) is 10.3. The molecule has 2 amide bonds. The van der Waals surface area contributed by atoms with Crippen molar-refractivity contribution in [3.63, 3.8) is 0 Å². The molecule has 2 aromatic heterocycles. The summed E-state index contributed by atoms with van der Waals surface area (Å²) in [6, 6.07) is 14.6. The van der Waals surface area contributed by atoms with Crippen molar-refractivity contribution in [3.05, 3.63) is 69.4 Å². The molecule has 1 aromatic carbocycles. The molecule has 4 nitrogen and oxygen atoms in total. The number of anilines is 1. The summed E-state index contributed by atoms with van der Waals surface area (Å²) < 4.78 is 0. The summed E-state index contributed by atoms with van der Waals surface area (Å²) in [6.45, 7) is 0. The van der Waals surface area contributed by atoms with Crippen molar-refractivity contribution in [3.8, 4) is 9.75 Å². The van der Waals surface area contributed by atoms with Crippen LogP contribution in [0, 0.1) is 0 Å². The van der Waals surface area contributed by atoms with Crippen molar-refractivity contribution in [2.45, 2.75) is 0 Å². The molecule has 1 aliphatic rings. The molecule has 0 bridgehead atoms. The highest BCUT2D eigenvalue weighted by atomic mass is 35.5. The van der Waals surface area contributed by atoms with Crippen molar-refractivity contribution in [2.24, 2.45) is 0 Å². The number of rotatable bonds is 3. The molecule has 1 N–H and O–H groups in total. The van der Waals surface area contributed by atoms with Crippen LogP contribution in [0.1, 0.15) is 4.88 Å². The number of thiocarbonyl (C=S) groups is 1. The molecule has 1 saturated heterocycles. The molecule has 0 unspecified atom stereocenters. The van der Waals surface area contributed by atoms with Crippen LogP contribution in [0.3, 0.4) is 0 Å². The van der Waals surface area contributed by atoms with E-state index in [4.69, 9.17) is 23.8 Å². The molecule has 27 heavy (non-hydrogen) atoms. The number of amides is 2. The fraction of sp³-hybridized carbons (Fsp3) is 0. The minimum absolute atomic E-state index is 0.0399. The molecular weight excluding hydrogens is 420 g/mol. The molecule has 0 radical (unpaired) electrons. The molecule has 0 atom stereocenters. The Morgan fingerprint density at radius 1 is 1.04 bits per heavy atom. The Kier molecular flexibility index (Phi) is 4.92. The average molecular weight is 431 g/mol. The molecule has 0 aliphatic carbocycles. The van der Waals surface area contributed by atoms with E-state index in [0.717, 1.165) is 14.6 Å². The summed E-state index contributed by atoms with van der Waals surface area (Å²) in [7, 11) is 0. The number of thiophene rings is 2. The fourth-order valence-electron chi connectivity index (χ4n) is 2.61. The molecule has 0 saturated carbocycles. The third-order valence-corrected chi connectivity index (χ3v) is 6.50.